The van der Waals surface area contributed by atoms with E-state index >= 15 is 0 Å². The van der Waals surface area contributed by atoms with E-state index in [1.807, 2.05) is 23.6 Å². The molecule has 4 heterocycles. The van der Waals surface area contributed by atoms with Crippen molar-refractivity contribution in [1.82, 2.24) is 4.98 Å². The monoisotopic (exact) mass is 597 g/mol. The van der Waals surface area contributed by atoms with Gasteiger partial charge in [-0.05, 0) is 59.5 Å². The zero-order chi connectivity index (χ0) is 29.3. The third-order valence-corrected chi connectivity index (χ3v) is 10.4. The Bertz CT molecular complexity index is 2170. The Morgan fingerprint density at radius 1 is 0.744 bits per heavy atom. The molecule has 0 saturated carbocycles. The molecule has 1 aliphatic heterocycles. The first-order chi connectivity index (χ1) is 20.8. The van der Waals surface area contributed by atoms with E-state index < -0.39 is 0 Å². The van der Waals surface area contributed by atoms with Crippen LogP contribution in [0.4, 0.5) is 17.1 Å². The Labute approximate surface area is 259 Å². The first kappa shape index (κ1) is 26.3. The number of benzene rings is 4. The lowest BCUT2D eigenvalue weighted by Gasteiger charge is -2.20. The molecular weight excluding hydrogens is 567 g/mol. The van der Waals surface area contributed by atoms with Crippen molar-refractivity contribution >= 4 is 70.0 Å². The van der Waals surface area contributed by atoms with Crippen LogP contribution in [0.5, 0.6) is 10.8 Å². The number of hydrogen-bond acceptors (Lipinski definition) is 6. The molecule has 7 aromatic rings. The third kappa shape index (κ3) is 4.44. The zero-order valence-corrected chi connectivity index (χ0v) is 26.2. The van der Waals surface area contributed by atoms with Gasteiger partial charge in [-0.2, -0.15) is 0 Å². The van der Waals surface area contributed by atoms with Crippen molar-refractivity contribution in [3.05, 3.63) is 109 Å². The molecule has 0 aliphatic carbocycles. The van der Waals surface area contributed by atoms with Crippen molar-refractivity contribution in [2.24, 2.45) is 0 Å². The van der Waals surface area contributed by atoms with E-state index in [4.69, 9.17) is 9.72 Å². The number of pyridine rings is 1. The van der Waals surface area contributed by atoms with Crippen molar-refractivity contribution in [3.63, 3.8) is 0 Å². The quantitative estimate of drug-likeness (QED) is 0.202. The van der Waals surface area contributed by atoms with E-state index in [0.29, 0.717) is 0 Å². The summed E-state index contributed by atoms with van der Waals surface area (Å²) >= 11 is 3.54. The minimum atomic E-state index is 0.0278. The molecule has 4 nitrogen and oxygen atoms in total. The zero-order valence-electron chi connectivity index (χ0n) is 24.6. The van der Waals surface area contributed by atoms with Crippen molar-refractivity contribution in [2.45, 2.75) is 26.2 Å². The minimum Gasteiger partial charge on any atom is -0.447 e. The number of rotatable bonds is 4. The van der Waals surface area contributed by atoms with E-state index in [1.54, 1.807) is 11.3 Å². The Kier molecular flexibility index (Phi) is 6.00. The number of nitrogens with zero attached hydrogens (tertiary/aromatic N) is 3. The third-order valence-electron chi connectivity index (χ3n) is 8.31. The predicted molar refractivity (Wildman–Crippen MR) is 185 cm³/mol. The molecule has 43 heavy (non-hydrogen) atoms. The molecule has 4 aromatic carbocycles. The van der Waals surface area contributed by atoms with Crippen LogP contribution >= 0.6 is 22.7 Å². The molecule has 0 radical (unpaired) electrons. The second kappa shape index (κ2) is 9.83. The van der Waals surface area contributed by atoms with Crippen LogP contribution in [0, 0.1) is 0 Å². The SMILES string of the molecule is CN1CN(c2cccc(Oc3cc4c(-c5cc(C(C)(C)C)ccn5)c5c(cc4s3)sc3ccccc35)c2)c2ccccc21. The average Bonchev–Trinajstić information content (AvgIpc) is 3.68. The molecule has 0 atom stereocenters. The van der Waals surface area contributed by atoms with E-state index in [2.05, 4.69) is 129 Å². The summed E-state index contributed by atoms with van der Waals surface area (Å²) in [5.74, 6) is 0.831. The molecule has 3 aromatic heterocycles. The van der Waals surface area contributed by atoms with Crippen molar-refractivity contribution in [1.29, 1.82) is 0 Å². The Morgan fingerprint density at radius 3 is 2.42 bits per heavy atom. The molecular formula is C37H31N3OS2. The first-order valence-corrected chi connectivity index (χ1v) is 16.2. The van der Waals surface area contributed by atoms with Crippen LogP contribution in [0.1, 0.15) is 26.3 Å². The van der Waals surface area contributed by atoms with Crippen molar-refractivity contribution in [3.8, 4) is 22.1 Å². The smallest absolute Gasteiger partial charge is 0.182 e. The molecule has 212 valence electrons. The van der Waals surface area contributed by atoms with Gasteiger partial charge in [-0.15, -0.1) is 11.3 Å². The van der Waals surface area contributed by atoms with E-state index in [1.165, 1.54) is 52.8 Å². The lowest BCUT2D eigenvalue weighted by atomic mass is 9.86. The fourth-order valence-electron chi connectivity index (χ4n) is 6.14. The van der Waals surface area contributed by atoms with Gasteiger partial charge in [0.05, 0.1) is 23.7 Å². The summed E-state index contributed by atoms with van der Waals surface area (Å²) < 4.78 is 10.4. The maximum absolute atomic E-state index is 6.60. The summed E-state index contributed by atoms with van der Waals surface area (Å²) in [5.41, 5.74) is 7.07. The van der Waals surface area contributed by atoms with Gasteiger partial charge >= 0.3 is 0 Å². The van der Waals surface area contributed by atoms with Gasteiger partial charge < -0.3 is 14.5 Å². The van der Waals surface area contributed by atoms with Crippen LogP contribution < -0.4 is 14.5 Å². The summed E-state index contributed by atoms with van der Waals surface area (Å²) in [6, 6.07) is 34.6. The van der Waals surface area contributed by atoms with Gasteiger partial charge in [0.25, 0.3) is 0 Å². The van der Waals surface area contributed by atoms with Crippen LogP contribution in [0.2, 0.25) is 0 Å². The second-order valence-electron chi connectivity index (χ2n) is 12.2. The summed E-state index contributed by atoms with van der Waals surface area (Å²) in [7, 11) is 2.13. The Morgan fingerprint density at radius 2 is 1.56 bits per heavy atom. The number of para-hydroxylation sites is 2. The van der Waals surface area contributed by atoms with E-state index in [-0.39, 0.29) is 5.41 Å². The van der Waals surface area contributed by atoms with Gasteiger partial charge in [0, 0.05) is 66.9 Å². The van der Waals surface area contributed by atoms with Gasteiger partial charge in [-0.1, -0.05) is 68.5 Å². The Balaban J connectivity index is 1.25. The fraction of sp³-hybridized carbons (Fsp3) is 0.162. The van der Waals surface area contributed by atoms with Crippen LogP contribution in [-0.4, -0.2) is 18.7 Å². The van der Waals surface area contributed by atoms with Gasteiger partial charge in [0.15, 0.2) is 5.06 Å². The predicted octanol–water partition coefficient (Wildman–Crippen LogP) is 11.0. The van der Waals surface area contributed by atoms with Gasteiger partial charge in [-0.25, -0.2) is 0 Å². The maximum atomic E-state index is 6.60. The topological polar surface area (TPSA) is 28.6 Å². The first-order valence-electron chi connectivity index (χ1n) is 14.5. The van der Waals surface area contributed by atoms with Crippen molar-refractivity contribution < 1.29 is 4.74 Å². The standard InChI is InChI=1S/C37H31N3OS2/c1-37(2,3)23-16-17-38-28(18-23)35-27-20-34(43-32(27)21-33-36(35)26-12-5-8-15-31(26)42-33)41-25-11-9-10-24(19-25)40-22-39(4)29-13-6-7-14-30(29)40/h5-21H,22H2,1-4H3. The second-order valence-corrected chi connectivity index (χ2v) is 14.4. The molecule has 0 bridgehead atoms. The molecule has 0 unspecified atom stereocenters. The van der Waals surface area contributed by atoms with Gasteiger partial charge in [0.1, 0.15) is 5.75 Å². The minimum absolute atomic E-state index is 0.0278. The normalized spacial score (nSPS) is 13.4. The van der Waals surface area contributed by atoms with E-state index in [0.717, 1.165) is 28.9 Å². The van der Waals surface area contributed by atoms with Gasteiger partial charge in [0.2, 0.25) is 0 Å². The van der Waals surface area contributed by atoms with Gasteiger partial charge in [-0.3, -0.25) is 4.98 Å². The summed E-state index contributed by atoms with van der Waals surface area (Å²) in [6.45, 7) is 7.57. The highest BCUT2D eigenvalue weighted by molar-refractivity contribution is 7.26. The molecule has 8 rings (SSSR count). The largest absolute Gasteiger partial charge is 0.447 e. The lowest BCUT2D eigenvalue weighted by molar-refractivity contribution is 0.497. The highest BCUT2D eigenvalue weighted by Gasteiger charge is 2.25. The van der Waals surface area contributed by atoms with Crippen LogP contribution in [0.3, 0.4) is 0 Å². The number of aromatic nitrogens is 1. The highest BCUT2D eigenvalue weighted by Crippen LogP contribution is 2.48. The number of fused-ring (bicyclic) bond motifs is 5. The van der Waals surface area contributed by atoms with E-state index in [9.17, 15) is 0 Å². The summed E-state index contributed by atoms with van der Waals surface area (Å²) in [4.78, 5) is 9.55. The van der Waals surface area contributed by atoms with Crippen LogP contribution in [0.25, 0.3) is 41.5 Å². The molecule has 0 fully saturated rings. The van der Waals surface area contributed by atoms with Crippen LogP contribution in [-0.2, 0) is 5.41 Å². The fourth-order valence-corrected chi connectivity index (χ4v) is 8.35. The van der Waals surface area contributed by atoms with Crippen molar-refractivity contribution in [2.75, 3.05) is 23.5 Å². The maximum Gasteiger partial charge on any atom is 0.182 e. The average molecular weight is 598 g/mol. The number of hydrogen-bond donors (Lipinski definition) is 0. The summed E-state index contributed by atoms with van der Waals surface area (Å²) in [5, 5.41) is 4.61. The molecule has 6 heteroatoms. The summed E-state index contributed by atoms with van der Waals surface area (Å²) in [6.07, 6.45) is 1.96. The van der Waals surface area contributed by atoms with Crippen LogP contribution in [0.15, 0.2) is 103 Å². The number of anilines is 3. The molecule has 0 saturated heterocycles. The molecule has 0 N–H and O–H groups in total. The molecule has 1 aliphatic rings. The molecule has 0 amide bonds. The Hall–Kier alpha value is -4.39. The number of ether oxygens (including phenoxy) is 1. The highest BCUT2D eigenvalue weighted by atomic mass is 32.1. The molecule has 0 spiro atoms. The lowest BCUT2D eigenvalue weighted by Crippen LogP contribution is -2.23. The number of thiophene rings is 2.